The van der Waals surface area contributed by atoms with Crippen LogP contribution in [0.5, 0.6) is 0 Å². The maximum absolute atomic E-state index is 12.7. The summed E-state index contributed by atoms with van der Waals surface area (Å²) >= 11 is 0. The summed E-state index contributed by atoms with van der Waals surface area (Å²) in [4.78, 5) is 0. The van der Waals surface area contributed by atoms with Crippen LogP contribution in [0.3, 0.4) is 0 Å². The van der Waals surface area contributed by atoms with Gasteiger partial charge in [0.25, 0.3) is 0 Å². The second-order valence-electron chi connectivity index (χ2n) is 2.81. The van der Waals surface area contributed by atoms with Gasteiger partial charge in [0.1, 0.15) is 0 Å². The molecule has 0 heterocycles. The molecule has 0 aromatic carbocycles. The van der Waals surface area contributed by atoms with Crippen LogP contribution in [0.25, 0.3) is 0 Å². The number of hydrogen-bond acceptors (Lipinski definition) is 0. The van der Waals surface area contributed by atoms with E-state index in [2.05, 4.69) is 0 Å². The number of rotatable bonds is 1. The minimum atomic E-state index is -5.63. The molecule has 10 heteroatoms. The molecule has 1 aliphatic rings. The zero-order chi connectivity index (χ0) is 11.9. The Morgan fingerprint density at radius 2 is 1.53 bits per heavy atom. The fourth-order valence-corrected chi connectivity index (χ4v) is 0.969. The third-order valence-corrected chi connectivity index (χ3v) is 1.68. The zero-order valence-electron chi connectivity index (χ0n) is 8.96. The van der Waals surface area contributed by atoms with Crippen molar-refractivity contribution in [1.29, 1.82) is 0 Å². The molecule has 0 aliphatic heterocycles. The molecule has 0 amide bonds. The van der Waals surface area contributed by atoms with Gasteiger partial charge in [-0.25, -0.2) is 4.39 Å². The Morgan fingerprint density at radius 1 is 1.06 bits per heavy atom. The Balaban J connectivity index is 0. The molecule has 1 radical (unpaired) electrons. The fourth-order valence-electron chi connectivity index (χ4n) is 0.969. The molecule has 0 N–H and O–H groups in total. The van der Waals surface area contributed by atoms with Gasteiger partial charge in [0.2, 0.25) is 0 Å². The van der Waals surface area contributed by atoms with Crippen LogP contribution in [-0.4, -0.2) is 13.2 Å². The van der Waals surface area contributed by atoms with Gasteiger partial charge in [0, 0.05) is 0 Å². The van der Waals surface area contributed by atoms with Crippen molar-refractivity contribution in [2.45, 2.75) is 6.18 Å². The van der Waals surface area contributed by atoms with Gasteiger partial charge in [0.05, 0.1) is 0 Å². The van der Waals surface area contributed by atoms with Crippen molar-refractivity contribution in [2.75, 3.05) is 0 Å². The van der Waals surface area contributed by atoms with Crippen LogP contribution in [0.2, 0.25) is 0 Å². The molecule has 0 spiro atoms. The third kappa shape index (κ3) is 6.45. The van der Waals surface area contributed by atoms with Crippen LogP contribution in [0.4, 0.5) is 30.5 Å². The van der Waals surface area contributed by atoms with Crippen LogP contribution in [0, 0.1) is 12.8 Å². The van der Waals surface area contributed by atoms with E-state index in [-0.39, 0.29) is 122 Å². The quantitative estimate of drug-likeness (QED) is 0.286. The second-order valence-corrected chi connectivity index (χ2v) is 2.81. The van der Waals surface area contributed by atoms with Crippen LogP contribution >= 0.6 is 0 Å². The molecule has 17 heavy (non-hydrogen) atoms. The number of allylic oxidation sites excluding steroid dienone is 4. The van der Waals surface area contributed by atoms with Crippen molar-refractivity contribution >= 4 is 6.98 Å². The van der Waals surface area contributed by atoms with Crippen LogP contribution in [0.15, 0.2) is 22.9 Å². The first kappa shape index (κ1) is 21.5. The molecule has 0 unspecified atom stereocenters. The smallest absolute Gasteiger partial charge is 0.457 e. The van der Waals surface area contributed by atoms with Crippen LogP contribution in [0.1, 0.15) is 0 Å². The predicted octanol–water partition coefficient (Wildman–Crippen LogP) is -2.48. The van der Waals surface area contributed by atoms with Crippen molar-refractivity contribution in [1.82, 2.24) is 0 Å². The number of halogens is 7. The van der Waals surface area contributed by atoms with Gasteiger partial charge >= 0.3 is 116 Å². The van der Waals surface area contributed by atoms with E-state index in [1.165, 1.54) is 0 Å². The van der Waals surface area contributed by atoms with E-state index in [9.17, 15) is 30.5 Å². The molecular weight excluding hydrogens is 306 g/mol. The van der Waals surface area contributed by atoms with Crippen molar-refractivity contribution in [2.24, 2.45) is 0 Å². The Kier molecular flexibility index (Phi) is 9.92. The van der Waals surface area contributed by atoms with E-state index in [1.54, 1.807) is 0 Å². The van der Waals surface area contributed by atoms with E-state index in [0.717, 1.165) is 0 Å². The fraction of sp³-hybridized carbons (Fsp3) is 0.143. The molecular formula is C7H3BF7K2. The minimum absolute atomic E-state index is 0. The Bertz CT molecular complexity index is 328. The number of hydrogen-bond donors (Lipinski definition) is 0. The van der Waals surface area contributed by atoms with E-state index in [4.69, 9.17) is 0 Å². The van der Waals surface area contributed by atoms with Gasteiger partial charge in [-0.05, 0) is 5.83 Å². The summed E-state index contributed by atoms with van der Waals surface area (Å²) in [5.41, 5.74) is -3.09. The first-order valence-corrected chi connectivity index (χ1v) is 3.69. The van der Waals surface area contributed by atoms with Crippen molar-refractivity contribution in [3.05, 3.63) is 35.8 Å². The van der Waals surface area contributed by atoms with Gasteiger partial charge < -0.3 is 12.9 Å². The molecule has 0 bridgehead atoms. The maximum atomic E-state index is 12.7. The zero-order valence-corrected chi connectivity index (χ0v) is 15.2. The summed E-state index contributed by atoms with van der Waals surface area (Å²) in [6.07, 6.45) is -4.71. The first-order chi connectivity index (χ1) is 6.62. The molecule has 0 aromatic heterocycles. The Hall–Kier alpha value is 2.20. The Morgan fingerprint density at radius 3 is 1.82 bits per heavy atom. The van der Waals surface area contributed by atoms with Crippen LogP contribution < -0.4 is 103 Å². The van der Waals surface area contributed by atoms with Crippen molar-refractivity contribution in [3.63, 3.8) is 0 Å². The average molecular weight is 309 g/mol. The predicted molar refractivity (Wildman–Crippen MR) is 40.0 cm³/mol. The third-order valence-electron chi connectivity index (χ3n) is 1.68. The number of alkyl halides is 3. The largest absolute Gasteiger partial charge is 1.00 e. The van der Waals surface area contributed by atoms with Gasteiger partial charge in [-0.2, -0.15) is 24.7 Å². The van der Waals surface area contributed by atoms with Gasteiger partial charge in [-0.3, -0.25) is 0 Å². The minimum Gasteiger partial charge on any atom is -0.457 e. The summed E-state index contributed by atoms with van der Waals surface area (Å²) < 4.78 is 84.6. The monoisotopic (exact) mass is 309 g/mol. The van der Waals surface area contributed by atoms with Gasteiger partial charge in [0.15, 0.2) is 0 Å². The van der Waals surface area contributed by atoms with Crippen LogP contribution in [-0.2, 0) is 0 Å². The Labute approximate surface area is 178 Å². The van der Waals surface area contributed by atoms with E-state index < -0.39 is 30.0 Å². The standard InChI is InChI=1S/C7H3BF7.2K/c9-6-3-4(7(10,11)12)1-2-5(6)8(13,14)15;;/h1-3H;;/q-2;2*+1. The SMILES string of the molecule is FC1=C([B-](F)(F)F)[CH]C=C(C(F)(F)F)[CH-]1.[K+].[K+]. The normalized spacial score (nSPS) is 16.5. The molecule has 0 saturated heterocycles. The summed E-state index contributed by atoms with van der Waals surface area (Å²) in [5, 5.41) is 0. The van der Waals surface area contributed by atoms with E-state index in [0.29, 0.717) is 0 Å². The molecule has 0 saturated carbocycles. The summed E-state index contributed by atoms with van der Waals surface area (Å²) in [7, 11) is 0. The molecule has 85 valence electrons. The summed E-state index contributed by atoms with van der Waals surface area (Å²) in [5.74, 6) is -1.91. The maximum Gasteiger partial charge on any atom is 1.00 e. The summed E-state index contributed by atoms with van der Waals surface area (Å²) in [6.45, 7) is -5.63. The topological polar surface area (TPSA) is 0 Å². The van der Waals surface area contributed by atoms with Gasteiger partial charge in [-0.15, -0.1) is 12.8 Å². The van der Waals surface area contributed by atoms with Crippen molar-refractivity contribution in [3.8, 4) is 0 Å². The summed E-state index contributed by atoms with van der Waals surface area (Å²) in [6, 6.07) is 0. The molecule has 1 aliphatic carbocycles. The van der Waals surface area contributed by atoms with Crippen molar-refractivity contribution < 1.29 is 133 Å². The van der Waals surface area contributed by atoms with E-state index >= 15 is 0 Å². The second kappa shape index (κ2) is 7.84. The molecule has 1 rings (SSSR count). The van der Waals surface area contributed by atoms with E-state index in [1.807, 2.05) is 0 Å². The molecule has 0 aromatic rings. The average Bonchev–Trinajstić information content (AvgIpc) is 1.99. The molecule has 0 fully saturated rings. The molecule has 0 atom stereocenters. The van der Waals surface area contributed by atoms with Gasteiger partial charge in [-0.1, -0.05) is 5.57 Å². The first-order valence-electron chi connectivity index (χ1n) is 3.69. The molecule has 0 nitrogen and oxygen atoms in total.